The van der Waals surface area contributed by atoms with Crippen molar-refractivity contribution in [1.29, 1.82) is 0 Å². The maximum absolute atomic E-state index is 12.3. The Bertz CT molecular complexity index is 455. The van der Waals surface area contributed by atoms with Crippen LogP contribution in [-0.4, -0.2) is 34.7 Å². The van der Waals surface area contributed by atoms with E-state index in [9.17, 15) is 9.59 Å². The monoisotopic (exact) mass is 250 g/mol. The van der Waals surface area contributed by atoms with Crippen LogP contribution in [0.25, 0.3) is 0 Å². The third-order valence-electron chi connectivity index (χ3n) is 3.19. The second-order valence-corrected chi connectivity index (χ2v) is 4.64. The van der Waals surface area contributed by atoms with Gasteiger partial charge >= 0.3 is 0 Å². The number of carbonyl (C=O) groups excluding carboxylic acids is 2. The van der Waals surface area contributed by atoms with Crippen LogP contribution < -0.4 is 10.2 Å². The van der Waals surface area contributed by atoms with Crippen molar-refractivity contribution in [2.45, 2.75) is 31.7 Å². The molecule has 1 fully saturated rings. The molecule has 1 aliphatic heterocycles. The molecule has 0 aliphatic carbocycles. The van der Waals surface area contributed by atoms with Crippen molar-refractivity contribution in [2.24, 2.45) is 7.05 Å². The number of nitrogens with one attached hydrogen (secondary N) is 1. The fraction of sp³-hybridized carbons (Fsp3) is 0.583. The van der Waals surface area contributed by atoms with Gasteiger partial charge in [0, 0.05) is 26.7 Å². The van der Waals surface area contributed by atoms with Crippen LogP contribution in [0.15, 0.2) is 12.4 Å². The first-order valence-electron chi connectivity index (χ1n) is 6.13. The first kappa shape index (κ1) is 12.6. The normalized spacial score (nSPS) is 20.1. The number of anilines is 1. The maximum atomic E-state index is 12.3. The summed E-state index contributed by atoms with van der Waals surface area (Å²) < 4.78 is 1.64. The summed E-state index contributed by atoms with van der Waals surface area (Å²) >= 11 is 0. The molecule has 1 atom stereocenters. The molecular weight excluding hydrogens is 232 g/mol. The van der Waals surface area contributed by atoms with Gasteiger partial charge in [0.25, 0.3) is 0 Å². The van der Waals surface area contributed by atoms with Crippen LogP contribution in [0.4, 0.5) is 5.69 Å². The highest BCUT2D eigenvalue weighted by Crippen LogP contribution is 2.15. The fourth-order valence-electron chi connectivity index (χ4n) is 2.10. The van der Waals surface area contributed by atoms with Gasteiger partial charge in [-0.15, -0.1) is 0 Å². The number of hydrogen-bond donors (Lipinski definition) is 1. The molecule has 6 nitrogen and oxygen atoms in total. The molecule has 0 aromatic carbocycles. The number of amides is 2. The predicted octanol–water partition coefficient (Wildman–Crippen LogP) is 0.442. The zero-order valence-corrected chi connectivity index (χ0v) is 10.7. The van der Waals surface area contributed by atoms with E-state index in [4.69, 9.17) is 0 Å². The first-order chi connectivity index (χ1) is 8.58. The Morgan fingerprint density at radius 3 is 3.00 bits per heavy atom. The Morgan fingerprint density at radius 2 is 2.33 bits per heavy atom. The smallest absolute Gasteiger partial charge is 0.249 e. The summed E-state index contributed by atoms with van der Waals surface area (Å²) in [6, 6.07) is -0.412. The number of rotatable bonds is 2. The highest BCUT2D eigenvalue weighted by Gasteiger charge is 2.26. The van der Waals surface area contributed by atoms with Crippen molar-refractivity contribution in [3.05, 3.63) is 12.4 Å². The van der Waals surface area contributed by atoms with Crippen LogP contribution in [0.2, 0.25) is 0 Å². The molecule has 2 amide bonds. The standard InChI is InChI=1S/C12H18N4O2/c1-15-8-9(7-13-15)16(2)12(18)10-5-3-4-6-11(17)14-10/h7-8,10H,3-6H2,1-2H3,(H,14,17)/t10-/m0/s1. The van der Waals surface area contributed by atoms with Gasteiger partial charge in [-0.1, -0.05) is 6.42 Å². The van der Waals surface area contributed by atoms with Crippen molar-refractivity contribution in [3.8, 4) is 0 Å². The maximum Gasteiger partial charge on any atom is 0.249 e. The summed E-state index contributed by atoms with van der Waals surface area (Å²) in [4.78, 5) is 25.3. The number of aryl methyl sites for hydroxylation is 1. The number of hydrogen-bond acceptors (Lipinski definition) is 3. The van der Waals surface area contributed by atoms with E-state index in [1.165, 1.54) is 0 Å². The van der Waals surface area contributed by atoms with Crippen LogP contribution in [0.3, 0.4) is 0 Å². The van der Waals surface area contributed by atoms with Crippen molar-refractivity contribution in [1.82, 2.24) is 15.1 Å². The Balaban J connectivity index is 2.07. The molecule has 18 heavy (non-hydrogen) atoms. The minimum Gasteiger partial charge on any atom is -0.344 e. The van der Waals surface area contributed by atoms with Crippen molar-refractivity contribution < 1.29 is 9.59 Å². The van der Waals surface area contributed by atoms with Crippen LogP contribution in [0.1, 0.15) is 25.7 Å². The van der Waals surface area contributed by atoms with E-state index in [2.05, 4.69) is 10.4 Å². The molecule has 0 bridgehead atoms. The van der Waals surface area contributed by atoms with Crippen LogP contribution >= 0.6 is 0 Å². The molecule has 98 valence electrons. The van der Waals surface area contributed by atoms with Crippen LogP contribution in [0, 0.1) is 0 Å². The van der Waals surface area contributed by atoms with E-state index in [0.29, 0.717) is 12.8 Å². The predicted molar refractivity (Wildman–Crippen MR) is 67.0 cm³/mol. The molecule has 1 aromatic heterocycles. The third-order valence-corrected chi connectivity index (χ3v) is 3.19. The van der Waals surface area contributed by atoms with E-state index in [1.54, 1.807) is 36.1 Å². The van der Waals surface area contributed by atoms with Crippen molar-refractivity contribution >= 4 is 17.5 Å². The van der Waals surface area contributed by atoms with Gasteiger partial charge < -0.3 is 10.2 Å². The second-order valence-electron chi connectivity index (χ2n) is 4.64. The number of likely N-dealkylation sites (N-methyl/N-ethyl adjacent to an activating group) is 1. The van der Waals surface area contributed by atoms with E-state index in [1.807, 2.05) is 0 Å². The quantitative estimate of drug-likeness (QED) is 0.828. The minimum atomic E-state index is -0.412. The number of carbonyl (C=O) groups is 2. The molecule has 1 aliphatic rings. The lowest BCUT2D eigenvalue weighted by atomic mass is 10.1. The number of nitrogens with zero attached hydrogens (tertiary/aromatic N) is 3. The average molecular weight is 250 g/mol. The van der Waals surface area contributed by atoms with Gasteiger partial charge in [-0.25, -0.2) is 0 Å². The third kappa shape index (κ3) is 2.69. The van der Waals surface area contributed by atoms with E-state index >= 15 is 0 Å². The molecule has 0 spiro atoms. The summed E-state index contributed by atoms with van der Waals surface area (Å²) in [5, 5.41) is 6.81. The summed E-state index contributed by atoms with van der Waals surface area (Å²) in [6.45, 7) is 0. The molecule has 2 heterocycles. The topological polar surface area (TPSA) is 67.2 Å². The molecule has 6 heteroatoms. The van der Waals surface area contributed by atoms with Gasteiger partial charge in [-0.05, 0) is 12.8 Å². The summed E-state index contributed by atoms with van der Waals surface area (Å²) in [5.74, 6) is -0.122. The van der Waals surface area contributed by atoms with E-state index < -0.39 is 6.04 Å². The van der Waals surface area contributed by atoms with Crippen LogP contribution in [-0.2, 0) is 16.6 Å². The summed E-state index contributed by atoms with van der Waals surface area (Å²) in [5.41, 5.74) is 0.737. The van der Waals surface area contributed by atoms with Gasteiger partial charge in [-0.3, -0.25) is 14.3 Å². The lowest BCUT2D eigenvalue weighted by Crippen LogP contribution is -2.46. The molecule has 0 unspecified atom stereocenters. The molecule has 0 saturated carbocycles. The van der Waals surface area contributed by atoms with Crippen molar-refractivity contribution in [2.75, 3.05) is 11.9 Å². The largest absolute Gasteiger partial charge is 0.344 e. The zero-order chi connectivity index (χ0) is 13.1. The Labute approximate surface area is 106 Å². The van der Waals surface area contributed by atoms with E-state index in [0.717, 1.165) is 18.5 Å². The van der Waals surface area contributed by atoms with Gasteiger partial charge in [0.05, 0.1) is 11.9 Å². The first-order valence-corrected chi connectivity index (χ1v) is 6.13. The molecule has 0 radical (unpaired) electrons. The lowest BCUT2D eigenvalue weighted by molar-refractivity contribution is -0.126. The highest BCUT2D eigenvalue weighted by molar-refractivity contribution is 5.98. The van der Waals surface area contributed by atoms with Gasteiger partial charge in [0.1, 0.15) is 6.04 Å². The molecule has 1 aromatic rings. The second kappa shape index (κ2) is 5.20. The molecule has 2 rings (SSSR count). The summed E-state index contributed by atoms with van der Waals surface area (Å²) in [7, 11) is 3.51. The number of aromatic nitrogens is 2. The van der Waals surface area contributed by atoms with Gasteiger partial charge in [0.15, 0.2) is 0 Å². The van der Waals surface area contributed by atoms with Gasteiger partial charge in [0.2, 0.25) is 11.8 Å². The Morgan fingerprint density at radius 1 is 1.56 bits per heavy atom. The van der Waals surface area contributed by atoms with Crippen molar-refractivity contribution in [3.63, 3.8) is 0 Å². The molecular formula is C12H18N4O2. The Kier molecular flexibility index (Phi) is 3.64. The highest BCUT2D eigenvalue weighted by atomic mass is 16.2. The lowest BCUT2D eigenvalue weighted by Gasteiger charge is -2.22. The molecule has 1 N–H and O–H groups in total. The zero-order valence-electron chi connectivity index (χ0n) is 10.7. The Hall–Kier alpha value is -1.85. The molecule has 1 saturated heterocycles. The SMILES string of the molecule is CN(C(=O)[C@@H]1CCCCC(=O)N1)c1cnn(C)c1. The summed E-state index contributed by atoms with van der Waals surface area (Å²) in [6.07, 6.45) is 6.38. The minimum absolute atomic E-state index is 0.0366. The fourth-order valence-corrected chi connectivity index (χ4v) is 2.10. The van der Waals surface area contributed by atoms with Crippen LogP contribution in [0.5, 0.6) is 0 Å². The van der Waals surface area contributed by atoms with Gasteiger partial charge in [-0.2, -0.15) is 5.10 Å². The average Bonchev–Trinajstić information content (AvgIpc) is 2.65. The van der Waals surface area contributed by atoms with E-state index in [-0.39, 0.29) is 11.8 Å².